The van der Waals surface area contributed by atoms with Crippen molar-refractivity contribution in [1.29, 1.82) is 0 Å². The minimum absolute atomic E-state index is 0.0427. The van der Waals surface area contributed by atoms with Crippen molar-refractivity contribution >= 4 is 5.91 Å². The third-order valence-electron chi connectivity index (χ3n) is 4.41. The summed E-state index contributed by atoms with van der Waals surface area (Å²) in [7, 11) is 3.15. The molecule has 128 valence electrons. The van der Waals surface area contributed by atoms with E-state index in [9.17, 15) is 4.79 Å². The number of hydrogen-bond donors (Lipinski definition) is 1. The fourth-order valence-corrected chi connectivity index (χ4v) is 3.07. The van der Waals surface area contributed by atoms with Crippen molar-refractivity contribution in [2.75, 3.05) is 20.8 Å². The molecule has 0 unspecified atom stereocenters. The number of carbonyl (C=O) groups excluding carboxylic acids is 1. The Morgan fingerprint density at radius 3 is 2.35 bits per heavy atom. The summed E-state index contributed by atoms with van der Waals surface area (Å²) in [6.45, 7) is 4.10. The lowest BCUT2D eigenvalue weighted by atomic mass is 9.86. The zero-order valence-electron chi connectivity index (χ0n) is 14.5. The van der Waals surface area contributed by atoms with Crippen LogP contribution in [0.3, 0.4) is 0 Å². The molecule has 1 fully saturated rings. The Balaban J connectivity index is 1.98. The van der Waals surface area contributed by atoms with Gasteiger partial charge in [0.2, 0.25) is 5.75 Å². The van der Waals surface area contributed by atoms with E-state index >= 15 is 0 Å². The summed E-state index contributed by atoms with van der Waals surface area (Å²) in [4.78, 5) is 12.2. The third-order valence-corrected chi connectivity index (χ3v) is 4.41. The summed E-state index contributed by atoms with van der Waals surface area (Å²) in [6, 6.07) is 3.97. The van der Waals surface area contributed by atoms with E-state index < -0.39 is 0 Å². The molecular weight excluding hydrogens is 294 g/mol. The SMILES string of the molecule is COc1cc(C)cc(OC)c1OCC(=O)N[C@@H]1CCCC[C@@H]1C. The number of aryl methyl sites for hydroxylation is 1. The number of benzene rings is 1. The fraction of sp³-hybridized carbons (Fsp3) is 0.611. The lowest BCUT2D eigenvalue weighted by Gasteiger charge is -2.29. The maximum absolute atomic E-state index is 12.2. The van der Waals surface area contributed by atoms with Gasteiger partial charge in [-0.2, -0.15) is 0 Å². The van der Waals surface area contributed by atoms with Crippen LogP contribution in [-0.4, -0.2) is 32.8 Å². The smallest absolute Gasteiger partial charge is 0.258 e. The molecule has 23 heavy (non-hydrogen) atoms. The van der Waals surface area contributed by atoms with E-state index in [1.54, 1.807) is 14.2 Å². The zero-order valence-corrected chi connectivity index (χ0v) is 14.5. The van der Waals surface area contributed by atoms with Gasteiger partial charge >= 0.3 is 0 Å². The predicted molar refractivity (Wildman–Crippen MR) is 89.3 cm³/mol. The first-order valence-corrected chi connectivity index (χ1v) is 8.20. The monoisotopic (exact) mass is 321 g/mol. The Bertz CT molecular complexity index is 519. The summed E-state index contributed by atoms with van der Waals surface area (Å²) < 4.78 is 16.3. The minimum atomic E-state index is -0.103. The Hall–Kier alpha value is -1.91. The van der Waals surface area contributed by atoms with Crippen LogP contribution in [0.2, 0.25) is 0 Å². The van der Waals surface area contributed by atoms with Crippen LogP contribution < -0.4 is 19.5 Å². The lowest BCUT2D eigenvalue weighted by molar-refractivity contribution is -0.124. The molecule has 2 atom stereocenters. The van der Waals surface area contributed by atoms with Gasteiger partial charge in [0.15, 0.2) is 18.1 Å². The molecule has 2 rings (SSSR count). The first kappa shape index (κ1) is 17.4. The molecule has 1 saturated carbocycles. The maximum Gasteiger partial charge on any atom is 0.258 e. The molecule has 1 N–H and O–H groups in total. The van der Waals surface area contributed by atoms with E-state index in [0.29, 0.717) is 23.2 Å². The summed E-state index contributed by atoms with van der Waals surface area (Å²) >= 11 is 0. The summed E-state index contributed by atoms with van der Waals surface area (Å²) in [5.41, 5.74) is 1.01. The molecule has 0 heterocycles. The van der Waals surface area contributed by atoms with Gasteiger partial charge in [0.05, 0.1) is 14.2 Å². The van der Waals surface area contributed by atoms with Crippen LogP contribution in [0, 0.1) is 12.8 Å². The highest BCUT2D eigenvalue weighted by Gasteiger charge is 2.23. The standard InChI is InChI=1S/C18H27NO4/c1-12-9-15(21-3)18(16(10-12)22-4)23-11-17(20)19-14-8-6-5-7-13(14)2/h9-10,13-14H,5-8,11H2,1-4H3,(H,19,20)/t13-,14+/m0/s1. The number of methoxy groups -OCH3 is 2. The molecule has 1 aromatic carbocycles. The lowest BCUT2D eigenvalue weighted by Crippen LogP contribution is -2.43. The van der Waals surface area contributed by atoms with Gasteiger partial charge in [0.1, 0.15) is 0 Å². The number of carbonyl (C=O) groups is 1. The van der Waals surface area contributed by atoms with E-state index in [0.717, 1.165) is 12.0 Å². The fourth-order valence-electron chi connectivity index (χ4n) is 3.07. The molecule has 0 radical (unpaired) electrons. The average molecular weight is 321 g/mol. The normalized spacial score (nSPS) is 20.7. The van der Waals surface area contributed by atoms with Crippen molar-refractivity contribution < 1.29 is 19.0 Å². The van der Waals surface area contributed by atoms with Gasteiger partial charge < -0.3 is 19.5 Å². The molecular formula is C18H27NO4. The number of rotatable bonds is 6. The second-order valence-corrected chi connectivity index (χ2v) is 6.22. The molecule has 5 heteroatoms. The molecule has 0 aromatic heterocycles. The predicted octanol–water partition coefficient (Wildman–Crippen LogP) is 3.09. The van der Waals surface area contributed by atoms with E-state index in [1.165, 1.54) is 19.3 Å². The molecule has 1 aromatic rings. The van der Waals surface area contributed by atoms with Crippen molar-refractivity contribution in [2.45, 2.75) is 45.6 Å². The van der Waals surface area contributed by atoms with Crippen molar-refractivity contribution in [3.8, 4) is 17.2 Å². The van der Waals surface area contributed by atoms with Crippen molar-refractivity contribution in [1.82, 2.24) is 5.32 Å². The second kappa shape index (κ2) is 8.09. The molecule has 0 spiro atoms. The third kappa shape index (κ3) is 4.53. The van der Waals surface area contributed by atoms with Gasteiger partial charge in [-0.3, -0.25) is 4.79 Å². The van der Waals surface area contributed by atoms with Gasteiger partial charge in [-0.05, 0) is 43.4 Å². The number of hydrogen-bond acceptors (Lipinski definition) is 4. The van der Waals surface area contributed by atoms with Gasteiger partial charge in [-0.1, -0.05) is 19.8 Å². The van der Waals surface area contributed by atoms with Crippen LogP contribution in [0.1, 0.15) is 38.2 Å². The molecule has 5 nitrogen and oxygen atoms in total. The van der Waals surface area contributed by atoms with Gasteiger partial charge in [0.25, 0.3) is 5.91 Å². The van der Waals surface area contributed by atoms with Crippen LogP contribution in [0.4, 0.5) is 0 Å². The van der Waals surface area contributed by atoms with Crippen LogP contribution in [0.25, 0.3) is 0 Å². The van der Waals surface area contributed by atoms with Crippen molar-refractivity contribution in [3.05, 3.63) is 17.7 Å². The molecule has 1 aliphatic carbocycles. The Labute approximate surface area is 138 Å². The first-order chi connectivity index (χ1) is 11.0. The number of nitrogens with one attached hydrogen (secondary N) is 1. The molecule has 0 aliphatic heterocycles. The van der Waals surface area contributed by atoms with Gasteiger partial charge in [0, 0.05) is 6.04 Å². The van der Waals surface area contributed by atoms with Crippen LogP contribution >= 0.6 is 0 Å². The number of ether oxygens (including phenoxy) is 3. The second-order valence-electron chi connectivity index (χ2n) is 6.22. The minimum Gasteiger partial charge on any atom is -0.493 e. The van der Waals surface area contributed by atoms with Gasteiger partial charge in [-0.15, -0.1) is 0 Å². The van der Waals surface area contributed by atoms with Crippen molar-refractivity contribution in [2.24, 2.45) is 5.92 Å². The zero-order chi connectivity index (χ0) is 16.8. The van der Waals surface area contributed by atoms with Crippen LogP contribution in [0.15, 0.2) is 12.1 Å². The summed E-state index contributed by atoms with van der Waals surface area (Å²) in [5.74, 6) is 2.03. The molecule has 1 aliphatic rings. The van der Waals surface area contributed by atoms with Crippen LogP contribution in [-0.2, 0) is 4.79 Å². The summed E-state index contributed by atoms with van der Waals surface area (Å²) in [6.07, 6.45) is 4.65. The first-order valence-electron chi connectivity index (χ1n) is 8.20. The largest absolute Gasteiger partial charge is 0.493 e. The van der Waals surface area contributed by atoms with Crippen LogP contribution in [0.5, 0.6) is 17.2 Å². The highest BCUT2D eigenvalue weighted by Crippen LogP contribution is 2.38. The Morgan fingerprint density at radius 2 is 1.78 bits per heavy atom. The molecule has 1 amide bonds. The highest BCUT2D eigenvalue weighted by atomic mass is 16.5. The van der Waals surface area contributed by atoms with Gasteiger partial charge in [-0.25, -0.2) is 0 Å². The Kier molecular flexibility index (Phi) is 6.13. The molecule has 0 bridgehead atoms. The highest BCUT2D eigenvalue weighted by molar-refractivity contribution is 5.78. The maximum atomic E-state index is 12.2. The van der Waals surface area contributed by atoms with E-state index in [-0.39, 0.29) is 18.6 Å². The average Bonchev–Trinajstić information content (AvgIpc) is 2.54. The quantitative estimate of drug-likeness (QED) is 0.875. The summed E-state index contributed by atoms with van der Waals surface area (Å²) in [5, 5.41) is 3.08. The molecule has 0 saturated heterocycles. The van der Waals surface area contributed by atoms with E-state index in [4.69, 9.17) is 14.2 Å². The van der Waals surface area contributed by atoms with E-state index in [2.05, 4.69) is 12.2 Å². The van der Waals surface area contributed by atoms with Crippen molar-refractivity contribution in [3.63, 3.8) is 0 Å². The number of amides is 1. The van der Waals surface area contributed by atoms with E-state index in [1.807, 2.05) is 19.1 Å². The topological polar surface area (TPSA) is 56.8 Å². The Morgan fingerprint density at radius 1 is 1.17 bits per heavy atom.